The Morgan fingerprint density at radius 2 is 0.820 bits per heavy atom. The standard InChI is InChI=1S/C59H88N2/c1-6-9-12-15-18-19-22-25-48-40-42-59(43-41-48,51-32-28-49(29-33-51)57(26-23-20-16-13-10-7-2)55-38-36-53(60)44-46(55)4)52-34-30-50(31-35-52)58(27-24-21-17-14-11-8-3)56-39-37-54(61)45-47(56)5/h28-39,44-45,48,57-58H,6-27,40-43,60-61H2,1-5H3. The maximum Gasteiger partial charge on any atom is 0.0316 e. The van der Waals surface area contributed by atoms with E-state index >= 15 is 0 Å². The van der Waals surface area contributed by atoms with Gasteiger partial charge in [-0.15, -0.1) is 0 Å². The molecule has 61 heavy (non-hydrogen) atoms. The van der Waals surface area contributed by atoms with Gasteiger partial charge in [0.15, 0.2) is 0 Å². The smallest absolute Gasteiger partial charge is 0.0316 e. The van der Waals surface area contributed by atoms with Crippen LogP contribution in [0.5, 0.6) is 0 Å². The van der Waals surface area contributed by atoms with Crippen LogP contribution in [0, 0.1) is 19.8 Å². The molecule has 0 spiro atoms. The first-order valence-corrected chi connectivity index (χ1v) is 25.7. The molecule has 1 saturated carbocycles. The Morgan fingerprint density at radius 3 is 1.20 bits per heavy atom. The average Bonchev–Trinajstić information content (AvgIpc) is 3.27. The number of nitrogen functional groups attached to an aromatic ring is 2. The first-order valence-electron chi connectivity index (χ1n) is 25.7. The Labute approximate surface area is 375 Å². The second-order valence-electron chi connectivity index (χ2n) is 19.6. The molecule has 2 heteroatoms. The van der Waals surface area contributed by atoms with Crippen LogP contribution in [-0.4, -0.2) is 0 Å². The molecule has 2 unspecified atom stereocenters. The highest BCUT2D eigenvalue weighted by Crippen LogP contribution is 2.49. The number of unbranched alkanes of at least 4 members (excludes halogenated alkanes) is 16. The molecular formula is C59H88N2. The summed E-state index contributed by atoms with van der Waals surface area (Å²) in [5.74, 6) is 1.65. The fourth-order valence-corrected chi connectivity index (χ4v) is 11.1. The van der Waals surface area contributed by atoms with Crippen LogP contribution in [0.3, 0.4) is 0 Å². The van der Waals surface area contributed by atoms with Gasteiger partial charge in [0.1, 0.15) is 0 Å². The summed E-state index contributed by atoms with van der Waals surface area (Å²) >= 11 is 0. The normalized spacial score (nSPS) is 17.7. The Morgan fingerprint density at radius 1 is 0.459 bits per heavy atom. The minimum atomic E-state index is 0.0471. The Balaban J connectivity index is 1.41. The van der Waals surface area contributed by atoms with Gasteiger partial charge in [0.05, 0.1) is 0 Å². The predicted molar refractivity (Wildman–Crippen MR) is 269 cm³/mol. The van der Waals surface area contributed by atoms with E-state index in [2.05, 4.69) is 120 Å². The van der Waals surface area contributed by atoms with Gasteiger partial charge in [-0.25, -0.2) is 0 Å². The lowest BCUT2D eigenvalue weighted by molar-refractivity contribution is 0.250. The molecule has 0 heterocycles. The fourth-order valence-electron chi connectivity index (χ4n) is 11.1. The third-order valence-electron chi connectivity index (χ3n) is 14.9. The van der Waals surface area contributed by atoms with Gasteiger partial charge in [0, 0.05) is 28.6 Å². The molecule has 0 aliphatic heterocycles. The van der Waals surface area contributed by atoms with Crippen LogP contribution in [0.4, 0.5) is 11.4 Å². The van der Waals surface area contributed by atoms with E-state index < -0.39 is 0 Å². The summed E-state index contributed by atoms with van der Waals surface area (Å²) < 4.78 is 0. The van der Waals surface area contributed by atoms with Crippen LogP contribution in [0.15, 0.2) is 84.9 Å². The SMILES string of the molecule is CCCCCCCCCC1CCC(c2ccc(C(CCCCCCCC)c3ccc(N)cc3C)cc2)(c2ccc(C(CCCCCCCC)c3ccc(N)cc3C)cc2)CC1. The molecule has 0 saturated heterocycles. The van der Waals surface area contributed by atoms with E-state index in [0.717, 1.165) is 17.3 Å². The van der Waals surface area contributed by atoms with Crippen LogP contribution in [0.2, 0.25) is 0 Å². The monoisotopic (exact) mass is 825 g/mol. The molecule has 4 aromatic carbocycles. The van der Waals surface area contributed by atoms with Gasteiger partial charge in [-0.3, -0.25) is 0 Å². The summed E-state index contributed by atoms with van der Waals surface area (Å²) in [5, 5.41) is 0. The molecule has 2 atom stereocenters. The minimum Gasteiger partial charge on any atom is -0.399 e. The maximum absolute atomic E-state index is 6.28. The molecule has 4 N–H and O–H groups in total. The Bertz CT molecular complexity index is 1680. The first kappa shape index (κ1) is 48.5. The minimum absolute atomic E-state index is 0.0471. The molecular weight excluding hydrogens is 737 g/mol. The van der Waals surface area contributed by atoms with Crippen LogP contribution >= 0.6 is 0 Å². The van der Waals surface area contributed by atoms with Gasteiger partial charge in [-0.2, -0.15) is 0 Å². The summed E-state index contributed by atoms with van der Waals surface area (Å²) in [6.07, 6.45) is 34.6. The zero-order valence-corrected chi connectivity index (χ0v) is 39.9. The summed E-state index contributed by atoms with van der Waals surface area (Å²) in [6, 6.07) is 33.4. The van der Waals surface area contributed by atoms with E-state index in [4.69, 9.17) is 11.5 Å². The Kier molecular flexibility index (Phi) is 20.8. The molecule has 1 aliphatic carbocycles. The van der Waals surface area contributed by atoms with Crippen LogP contribution in [0.1, 0.15) is 244 Å². The number of anilines is 2. The van der Waals surface area contributed by atoms with E-state index in [1.54, 1.807) is 0 Å². The average molecular weight is 825 g/mol. The van der Waals surface area contributed by atoms with Gasteiger partial charge >= 0.3 is 0 Å². The predicted octanol–water partition coefficient (Wildman–Crippen LogP) is 17.8. The first-order chi connectivity index (χ1) is 29.8. The van der Waals surface area contributed by atoms with E-state index in [-0.39, 0.29) is 5.41 Å². The van der Waals surface area contributed by atoms with Crippen LogP contribution < -0.4 is 11.5 Å². The molecule has 1 fully saturated rings. The van der Waals surface area contributed by atoms with Crippen molar-refractivity contribution in [1.82, 2.24) is 0 Å². The fraction of sp³-hybridized carbons (Fsp3) is 0.593. The molecule has 0 aromatic heterocycles. The highest BCUT2D eigenvalue weighted by atomic mass is 14.5. The number of hydrogen-bond acceptors (Lipinski definition) is 2. The van der Waals surface area contributed by atoms with E-state index in [0.29, 0.717) is 11.8 Å². The van der Waals surface area contributed by atoms with Crippen molar-refractivity contribution in [2.45, 2.75) is 219 Å². The van der Waals surface area contributed by atoms with Crippen molar-refractivity contribution in [3.05, 3.63) is 129 Å². The third-order valence-corrected chi connectivity index (χ3v) is 14.9. The number of hydrogen-bond donors (Lipinski definition) is 2. The summed E-state index contributed by atoms with van der Waals surface area (Å²) in [5.41, 5.74) is 25.8. The molecule has 4 aromatic rings. The number of nitrogens with two attached hydrogens (primary N) is 2. The molecule has 1 aliphatic rings. The van der Waals surface area contributed by atoms with Crippen molar-refractivity contribution in [1.29, 1.82) is 0 Å². The second kappa shape index (κ2) is 26.2. The summed E-state index contributed by atoms with van der Waals surface area (Å²) in [7, 11) is 0. The zero-order chi connectivity index (χ0) is 43.3. The largest absolute Gasteiger partial charge is 0.399 e. The van der Waals surface area contributed by atoms with E-state index in [1.165, 1.54) is 211 Å². The van der Waals surface area contributed by atoms with Gasteiger partial charge in [-0.1, -0.05) is 210 Å². The molecule has 5 rings (SSSR count). The van der Waals surface area contributed by atoms with Gasteiger partial charge < -0.3 is 11.5 Å². The highest BCUT2D eigenvalue weighted by Gasteiger charge is 2.38. The molecule has 0 amide bonds. The summed E-state index contributed by atoms with van der Waals surface area (Å²) in [4.78, 5) is 0. The van der Waals surface area contributed by atoms with Crippen molar-refractivity contribution in [2.75, 3.05) is 11.5 Å². The van der Waals surface area contributed by atoms with Crippen LogP contribution in [-0.2, 0) is 5.41 Å². The lowest BCUT2D eigenvalue weighted by atomic mass is 9.62. The zero-order valence-electron chi connectivity index (χ0n) is 39.9. The van der Waals surface area contributed by atoms with Gasteiger partial charge in [-0.05, 0) is 127 Å². The van der Waals surface area contributed by atoms with Crippen molar-refractivity contribution in [3.8, 4) is 0 Å². The topological polar surface area (TPSA) is 52.0 Å². The van der Waals surface area contributed by atoms with E-state index in [1.807, 2.05) is 0 Å². The van der Waals surface area contributed by atoms with Crippen LogP contribution in [0.25, 0.3) is 0 Å². The number of rotatable bonds is 28. The lowest BCUT2D eigenvalue weighted by Gasteiger charge is -2.42. The highest BCUT2D eigenvalue weighted by molar-refractivity contribution is 5.51. The maximum atomic E-state index is 6.28. The van der Waals surface area contributed by atoms with Gasteiger partial charge in [0.25, 0.3) is 0 Å². The van der Waals surface area contributed by atoms with Gasteiger partial charge in [0.2, 0.25) is 0 Å². The number of benzene rings is 4. The quantitative estimate of drug-likeness (QED) is 0.0443. The van der Waals surface area contributed by atoms with Crippen molar-refractivity contribution >= 4 is 11.4 Å². The molecule has 2 nitrogen and oxygen atoms in total. The molecule has 0 radical (unpaired) electrons. The number of aryl methyl sites for hydroxylation is 2. The van der Waals surface area contributed by atoms with Crippen molar-refractivity contribution in [3.63, 3.8) is 0 Å². The summed E-state index contributed by atoms with van der Waals surface area (Å²) in [6.45, 7) is 11.4. The van der Waals surface area contributed by atoms with Crippen molar-refractivity contribution < 1.29 is 0 Å². The molecule has 334 valence electrons. The third kappa shape index (κ3) is 14.5. The second-order valence-corrected chi connectivity index (χ2v) is 19.6. The van der Waals surface area contributed by atoms with Crippen molar-refractivity contribution in [2.24, 2.45) is 5.92 Å². The van der Waals surface area contributed by atoms with E-state index in [9.17, 15) is 0 Å². The lowest BCUT2D eigenvalue weighted by Crippen LogP contribution is -2.33. The Hall–Kier alpha value is -3.52. The molecule has 0 bridgehead atoms.